The van der Waals surface area contributed by atoms with Crippen LogP contribution in [0.15, 0.2) is 36.1 Å². The quantitative estimate of drug-likeness (QED) is 0.630. The number of rotatable bonds is 4. The largest absolute Gasteiger partial charge is 0.534 e. The summed E-state index contributed by atoms with van der Waals surface area (Å²) >= 11 is 0. The van der Waals surface area contributed by atoms with Gasteiger partial charge in [0.1, 0.15) is 11.5 Å². The Bertz CT molecular complexity index is 650. The highest BCUT2D eigenvalue weighted by molar-refractivity contribution is 7.87. The highest BCUT2D eigenvalue weighted by Gasteiger charge is 2.49. The van der Waals surface area contributed by atoms with Crippen LogP contribution in [0.1, 0.15) is 24.3 Å². The Morgan fingerprint density at radius 3 is 2.62 bits per heavy atom. The van der Waals surface area contributed by atoms with Gasteiger partial charge in [-0.1, -0.05) is 12.1 Å². The van der Waals surface area contributed by atoms with E-state index in [-0.39, 0.29) is 18.1 Å². The first-order valence-corrected chi connectivity index (χ1v) is 7.47. The lowest BCUT2D eigenvalue weighted by molar-refractivity contribution is -0.0523. The van der Waals surface area contributed by atoms with Crippen LogP contribution < -0.4 is 4.74 Å². The molecule has 4 nitrogen and oxygen atoms in total. The summed E-state index contributed by atoms with van der Waals surface area (Å²) in [5.41, 5.74) is -4.56. The van der Waals surface area contributed by atoms with Gasteiger partial charge in [0.15, 0.2) is 0 Å². The number of halogens is 3. The third kappa shape index (κ3) is 3.49. The van der Waals surface area contributed by atoms with Gasteiger partial charge in [0.25, 0.3) is 0 Å². The monoisotopic (exact) mass is 322 g/mol. The molecule has 21 heavy (non-hydrogen) atoms. The number of alkyl halides is 3. The van der Waals surface area contributed by atoms with Gasteiger partial charge in [0, 0.05) is 6.42 Å². The van der Waals surface area contributed by atoms with Crippen molar-refractivity contribution in [3.8, 4) is 5.75 Å². The Balaban J connectivity index is 2.06. The van der Waals surface area contributed by atoms with Crippen LogP contribution in [-0.2, 0) is 14.3 Å². The third-order valence-corrected chi connectivity index (χ3v) is 4.14. The molecule has 0 aromatic heterocycles. The van der Waals surface area contributed by atoms with Crippen molar-refractivity contribution in [2.24, 2.45) is 0 Å². The van der Waals surface area contributed by atoms with Crippen LogP contribution >= 0.6 is 0 Å². The molecule has 0 spiro atoms. The van der Waals surface area contributed by atoms with E-state index in [1.807, 2.05) is 6.07 Å². The summed E-state index contributed by atoms with van der Waals surface area (Å²) < 4.78 is 67.9. The maximum absolute atomic E-state index is 12.2. The van der Waals surface area contributed by atoms with Gasteiger partial charge in [-0.3, -0.25) is 0 Å². The van der Waals surface area contributed by atoms with Gasteiger partial charge in [0.05, 0.1) is 7.11 Å². The van der Waals surface area contributed by atoms with Crippen molar-refractivity contribution >= 4 is 10.1 Å². The number of allylic oxidation sites excluding steroid dienone is 2. The fourth-order valence-corrected chi connectivity index (χ4v) is 2.60. The number of benzene rings is 1. The highest BCUT2D eigenvalue weighted by Crippen LogP contribution is 2.38. The smallest absolute Gasteiger partial charge is 0.497 e. The zero-order valence-corrected chi connectivity index (χ0v) is 11.9. The van der Waals surface area contributed by atoms with Crippen LogP contribution in [0, 0.1) is 0 Å². The molecule has 0 bridgehead atoms. The van der Waals surface area contributed by atoms with E-state index in [9.17, 15) is 21.6 Å². The van der Waals surface area contributed by atoms with E-state index in [0.717, 1.165) is 5.56 Å². The van der Waals surface area contributed by atoms with Crippen LogP contribution in [0.5, 0.6) is 5.75 Å². The van der Waals surface area contributed by atoms with Crippen LogP contribution in [0.25, 0.3) is 0 Å². The molecule has 116 valence electrons. The Labute approximate surface area is 120 Å². The molecule has 0 aliphatic heterocycles. The molecule has 1 aromatic rings. The van der Waals surface area contributed by atoms with Gasteiger partial charge in [-0.2, -0.15) is 21.6 Å². The average molecular weight is 322 g/mol. The Hall–Kier alpha value is -1.70. The molecule has 8 heteroatoms. The lowest BCUT2D eigenvalue weighted by Gasteiger charge is -2.13. The summed E-state index contributed by atoms with van der Waals surface area (Å²) in [6, 6.07) is 7.08. The SMILES string of the molecule is COc1cccc(C2CC=C(OS(=O)(=O)C(F)(F)F)C2)c1. The Morgan fingerprint density at radius 1 is 1.29 bits per heavy atom. The van der Waals surface area contributed by atoms with Crippen molar-refractivity contribution in [3.63, 3.8) is 0 Å². The molecule has 0 saturated heterocycles. The Morgan fingerprint density at radius 2 is 2.00 bits per heavy atom. The van der Waals surface area contributed by atoms with Crippen molar-refractivity contribution in [1.29, 1.82) is 0 Å². The molecule has 0 fully saturated rings. The van der Waals surface area contributed by atoms with Gasteiger partial charge in [-0.05, 0) is 36.1 Å². The summed E-state index contributed by atoms with van der Waals surface area (Å²) in [4.78, 5) is 0. The van der Waals surface area contributed by atoms with E-state index >= 15 is 0 Å². The number of methoxy groups -OCH3 is 1. The molecule has 2 rings (SSSR count). The van der Waals surface area contributed by atoms with Crippen LogP contribution in [0.4, 0.5) is 13.2 Å². The summed E-state index contributed by atoms with van der Waals surface area (Å²) in [6.45, 7) is 0. The number of ether oxygens (including phenoxy) is 1. The second-order valence-electron chi connectivity index (χ2n) is 4.57. The van der Waals surface area contributed by atoms with E-state index in [2.05, 4.69) is 4.18 Å². The zero-order chi connectivity index (χ0) is 15.7. The minimum Gasteiger partial charge on any atom is -0.497 e. The fraction of sp³-hybridized carbons (Fsp3) is 0.385. The molecular formula is C13H13F3O4S. The standard InChI is InChI=1S/C13H13F3O4S/c1-19-11-4-2-3-9(7-11)10-5-6-12(8-10)20-21(17,18)13(14,15)16/h2-4,6-7,10H,5,8H2,1H3. The molecule has 0 radical (unpaired) electrons. The van der Waals surface area contributed by atoms with Crippen LogP contribution in [-0.4, -0.2) is 21.0 Å². The first-order chi connectivity index (χ1) is 9.73. The predicted octanol–water partition coefficient (Wildman–Crippen LogP) is 3.32. The maximum Gasteiger partial charge on any atom is 0.534 e. The van der Waals surface area contributed by atoms with Gasteiger partial charge in [-0.15, -0.1) is 0 Å². The predicted molar refractivity (Wildman–Crippen MR) is 69.1 cm³/mol. The number of hydrogen-bond acceptors (Lipinski definition) is 4. The summed E-state index contributed by atoms with van der Waals surface area (Å²) in [5, 5.41) is 0. The third-order valence-electron chi connectivity index (χ3n) is 3.14. The molecule has 0 heterocycles. The summed E-state index contributed by atoms with van der Waals surface area (Å²) in [5.74, 6) is 0.323. The van der Waals surface area contributed by atoms with Crippen LogP contribution in [0.2, 0.25) is 0 Å². The van der Waals surface area contributed by atoms with Gasteiger partial charge in [-0.25, -0.2) is 0 Å². The lowest BCUT2D eigenvalue weighted by Crippen LogP contribution is -2.25. The van der Waals surface area contributed by atoms with Gasteiger partial charge >= 0.3 is 15.6 Å². The molecule has 1 aromatic carbocycles. The fourth-order valence-electron chi connectivity index (χ4n) is 2.09. The summed E-state index contributed by atoms with van der Waals surface area (Å²) in [6.07, 6.45) is 1.88. The van der Waals surface area contributed by atoms with E-state index in [1.54, 1.807) is 18.2 Å². The summed E-state index contributed by atoms with van der Waals surface area (Å²) in [7, 11) is -4.08. The average Bonchev–Trinajstić information content (AvgIpc) is 2.85. The van der Waals surface area contributed by atoms with Crippen molar-refractivity contribution in [1.82, 2.24) is 0 Å². The van der Waals surface area contributed by atoms with Crippen molar-refractivity contribution in [3.05, 3.63) is 41.7 Å². The minimum absolute atomic E-state index is 0.0997. The molecule has 0 saturated carbocycles. The highest BCUT2D eigenvalue weighted by atomic mass is 32.2. The lowest BCUT2D eigenvalue weighted by atomic mass is 9.97. The molecule has 1 atom stereocenters. The first-order valence-electron chi connectivity index (χ1n) is 6.06. The zero-order valence-electron chi connectivity index (χ0n) is 11.1. The number of hydrogen-bond donors (Lipinski definition) is 0. The van der Waals surface area contributed by atoms with Crippen molar-refractivity contribution in [2.45, 2.75) is 24.3 Å². The second-order valence-corrected chi connectivity index (χ2v) is 6.10. The molecule has 0 N–H and O–H groups in total. The molecule has 1 unspecified atom stereocenters. The second kappa shape index (κ2) is 5.59. The van der Waals surface area contributed by atoms with E-state index < -0.39 is 15.6 Å². The van der Waals surface area contributed by atoms with Crippen molar-refractivity contribution in [2.75, 3.05) is 7.11 Å². The first kappa shape index (κ1) is 15.7. The topological polar surface area (TPSA) is 52.6 Å². The minimum atomic E-state index is -5.59. The van der Waals surface area contributed by atoms with E-state index in [0.29, 0.717) is 12.2 Å². The molecule has 1 aliphatic rings. The Kier molecular flexibility index (Phi) is 4.18. The van der Waals surface area contributed by atoms with E-state index in [1.165, 1.54) is 13.2 Å². The van der Waals surface area contributed by atoms with E-state index in [4.69, 9.17) is 4.74 Å². The van der Waals surface area contributed by atoms with Crippen LogP contribution in [0.3, 0.4) is 0 Å². The molecule has 1 aliphatic carbocycles. The molecular weight excluding hydrogens is 309 g/mol. The van der Waals surface area contributed by atoms with Crippen molar-refractivity contribution < 1.29 is 30.5 Å². The van der Waals surface area contributed by atoms with Gasteiger partial charge in [0.2, 0.25) is 0 Å². The molecule has 0 amide bonds. The van der Waals surface area contributed by atoms with Gasteiger partial charge < -0.3 is 8.92 Å². The maximum atomic E-state index is 12.2. The normalized spacial score (nSPS) is 19.2.